The van der Waals surface area contributed by atoms with Crippen LogP contribution in [0.15, 0.2) is 22.7 Å². The zero-order valence-electron chi connectivity index (χ0n) is 9.36. The Balaban J connectivity index is 2.35. The molecule has 0 atom stereocenters. The van der Waals surface area contributed by atoms with E-state index in [1.54, 1.807) is 25.1 Å². The van der Waals surface area contributed by atoms with Crippen LogP contribution in [0.5, 0.6) is 0 Å². The molecule has 0 aliphatic heterocycles. The zero-order valence-corrected chi connectivity index (χ0v) is 11.8. The normalized spacial score (nSPS) is 9.56. The lowest BCUT2D eigenvalue weighted by molar-refractivity contribution is 1.31. The number of nitriles is 2. The largest absolute Gasteiger partial charge is 0.344 e. The van der Waals surface area contributed by atoms with Crippen LogP contribution in [-0.4, -0.2) is 4.37 Å². The van der Waals surface area contributed by atoms with Gasteiger partial charge in [0.15, 0.2) is 0 Å². The SMILES string of the molecule is Cc1nsc(Nc2ccc(C#N)cc2Br)c1C#N. The van der Waals surface area contributed by atoms with Crippen LogP contribution in [0.4, 0.5) is 10.7 Å². The summed E-state index contributed by atoms with van der Waals surface area (Å²) < 4.78 is 4.91. The van der Waals surface area contributed by atoms with Gasteiger partial charge in [0.25, 0.3) is 0 Å². The molecule has 0 aliphatic carbocycles. The van der Waals surface area contributed by atoms with E-state index < -0.39 is 0 Å². The molecule has 2 rings (SSSR count). The molecule has 18 heavy (non-hydrogen) atoms. The lowest BCUT2D eigenvalue weighted by Crippen LogP contribution is -1.92. The van der Waals surface area contributed by atoms with Gasteiger partial charge in [-0.15, -0.1) is 0 Å². The molecule has 0 saturated carbocycles. The number of aromatic nitrogens is 1. The Labute approximate surface area is 117 Å². The number of hydrogen-bond donors (Lipinski definition) is 1. The average Bonchev–Trinajstić information content (AvgIpc) is 2.72. The van der Waals surface area contributed by atoms with E-state index in [0.29, 0.717) is 16.1 Å². The summed E-state index contributed by atoms with van der Waals surface area (Å²) in [5.74, 6) is 0. The van der Waals surface area contributed by atoms with Gasteiger partial charge in [0.05, 0.1) is 23.0 Å². The molecule has 0 spiro atoms. The first-order valence-electron chi connectivity index (χ1n) is 4.98. The molecule has 0 amide bonds. The minimum Gasteiger partial charge on any atom is -0.344 e. The molecule has 0 bridgehead atoms. The second kappa shape index (κ2) is 5.18. The number of rotatable bonds is 2. The molecular weight excluding hydrogens is 312 g/mol. The van der Waals surface area contributed by atoms with Gasteiger partial charge in [-0.3, -0.25) is 0 Å². The van der Waals surface area contributed by atoms with Crippen molar-refractivity contribution in [2.24, 2.45) is 0 Å². The Kier molecular flexibility index (Phi) is 3.61. The van der Waals surface area contributed by atoms with Crippen LogP contribution in [0.25, 0.3) is 0 Å². The first kappa shape index (κ1) is 12.6. The molecule has 2 aromatic rings. The standard InChI is InChI=1S/C12H7BrN4S/c1-7-9(6-15)12(18-17-7)16-11-3-2-8(5-14)4-10(11)13/h2-4,16H,1H3. The van der Waals surface area contributed by atoms with Gasteiger partial charge in [0.1, 0.15) is 16.6 Å². The molecule has 0 radical (unpaired) electrons. The molecule has 0 fully saturated rings. The fraction of sp³-hybridized carbons (Fsp3) is 0.0833. The summed E-state index contributed by atoms with van der Waals surface area (Å²) in [6.45, 7) is 1.80. The minimum absolute atomic E-state index is 0.552. The monoisotopic (exact) mass is 318 g/mol. The van der Waals surface area contributed by atoms with Gasteiger partial charge in [0.2, 0.25) is 0 Å². The van der Waals surface area contributed by atoms with Crippen molar-refractivity contribution in [2.45, 2.75) is 6.92 Å². The van der Waals surface area contributed by atoms with Crippen molar-refractivity contribution in [2.75, 3.05) is 5.32 Å². The molecule has 1 aromatic heterocycles. The van der Waals surface area contributed by atoms with Crippen molar-refractivity contribution >= 4 is 38.2 Å². The van der Waals surface area contributed by atoms with Gasteiger partial charge >= 0.3 is 0 Å². The predicted octanol–water partition coefficient (Wildman–Crippen LogP) is 3.70. The Morgan fingerprint density at radius 2 is 2.11 bits per heavy atom. The lowest BCUT2D eigenvalue weighted by atomic mass is 10.2. The third-order valence-electron chi connectivity index (χ3n) is 2.32. The molecule has 1 aromatic carbocycles. The topological polar surface area (TPSA) is 72.5 Å². The summed E-state index contributed by atoms with van der Waals surface area (Å²) in [7, 11) is 0. The Morgan fingerprint density at radius 3 is 2.72 bits per heavy atom. The van der Waals surface area contributed by atoms with E-state index >= 15 is 0 Å². The Bertz CT molecular complexity index is 678. The van der Waals surface area contributed by atoms with Crippen LogP contribution in [-0.2, 0) is 0 Å². The third kappa shape index (κ3) is 2.35. The number of halogens is 1. The maximum atomic E-state index is 9.04. The highest BCUT2D eigenvalue weighted by atomic mass is 79.9. The molecule has 1 N–H and O–H groups in total. The van der Waals surface area contributed by atoms with Gasteiger partial charge in [-0.25, -0.2) is 0 Å². The van der Waals surface area contributed by atoms with Crippen LogP contribution in [0.2, 0.25) is 0 Å². The van der Waals surface area contributed by atoms with Crippen LogP contribution in [0, 0.1) is 29.6 Å². The van der Waals surface area contributed by atoms with Gasteiger partial charge in [-0.05, 0) is 52.6 Å². The Morgan fingerprint density at radius 1 is 1.33 bits per heavy atom. The minimum atomic E-state index is 0.552. The number of hydrogen-bond acceptors (Lipinski definition) is 5. The molecule has 0 aliphatic rings. The Hall–Kier alpha value is -1.89. The first-order valence-corrected chi connectivity index (χ1v) is 6.55. The lowest BCUT2D eigenvalue weighted by Gasteiger charge is -2.06. The van der Waals surface area contributed by atoms with Crippen LogP contribution in [0.1, 0.15) is 16.8 Å². The van der Waals surface area contributed by atoms with E-state index in [0.717, 1.165) is 15.9 Å². The van der Waals surface area contributed by atoms with Gasteiger partial charge < -0.3 is 5.32 Å². The van der Waals surface area contributed by atoms with Gasteiger partial charge in [-0.1, -0.05) is 0 Å². The fourth-order valence-electron chi connectivity index (χ4n) is 1.40. The third-order valence-corrected chi connectivity index (χ3v) is 3.83. The van der Waals surface area contributed by atoms with Crippen molar-refractivity contribution in [3.8, 4) is 12.1 Å². The maximum Gasteiger partial charge on any atom is 0.132 e. The second-order valence-electron chi connectivity index (χ2n) is 3.52. The van der Waals surface area contributed by atoms with Crippen molar-refractivity contribution in [3.63, 3.8) is 0 Å². The van der Waals surface area contributed by atoms with Crippen LogP contribution < -0.4 is 5.32 Å². The van der Waals surface area contributed by atoms with E-state index in [-0.39, 0.29) is 0 Å². The number of benzene rings is 1. The zero-order chi connectivity index (χ0) is 13.1. The highest BCUT2D eigenvalue weighted by Crippen LogP contribution is 2.31. The van der Waals surface area contributed by atoms with E-state index in [2.05, 4.69) is 37.8 Å². The van der Waals surface area contributed by atoms with Crippen LogP contribution >= 0.6 is 27.5 Å². The van der Waals surface area contributed by atoms with E-state index in [1.807, 2.05) is 0 Å². The van der Waals surface area contributed by atoms with Crippen molar-refractivity contribution in [1.82, 2.24) is 4.37 Å². The highest BCUT2D eigenvalue weighted by molar-refractivity contribution is 9.10. The molecular formula is C12H7BrN4S. The van der Waals surface area contributed by atoms with Crippen molar-refractivity contribution in [3.05, 3.63) is 39.5 Å². The predicted molar refractivity (Wildman–Crippen MR) is 73.7 cm³/mol. The summed E-state index contributed by atoms with van der Waals surface area (Å²) >= 11 is 4.63. The van der Waals surface area contributed by atoms with Gasteiger partial charge in [-0.2, -0.15) is 14.9 Å². The second-order valence-corrected chi connectivity index (χ2v) is 5.14. The quantitative estimate of drug-likeness (QED) is 0.916. The number of nitrogens with one attached hydrogen (secondary N) is 1. The highest BCUT2D eigenvalue weighted by Gasteiger charge is 2.11. The smallest absolute Gasteiger partial charge is 0.132 e. The number of aryl methyl sites for hydroxylation is 1. The molecule has 6 heteroatoms. The molecule has 0 unspecified atom stereocenters. The molecule has 1 heterocycles. The number of anilines is 2. The fourth-order valence-corrected chi connectivity index (χ4v) is 2.63. The van der Waals surface area contributed by atoms with Crippen molar-refractivity contribution < 1.29 is 0 Å². The van der Waals surface area contributed by atoms with Crippen molar-refractivity contribution in [1.29, 1.82) is 10.5 Å². The summed E-state index contributed by atoms with van der Waals surface area (Å²) in [5.41, 5.74) is 2.65. The molecule has 88 valence electrons. The summed E-state index contributed by atoms with van der Waals surface area (Å²) in [5, 5.41) is 21.7. The summed E-state index contributed by atoms with van der Waals surface area (Å²) in [6, 6.07) is 9.42. The summed E-state index contributed by atoms with van der Waals surface area (Å²) in [4.78, 5) is 0. The van der Waals surface area contributed by atoms with E-state index in [4.69, 9.17) is 10.5 Å². The van der Waals surface area contributed by atoms with E-state index in [1.165, 1.54) is 11.5 Å². The van der Waals surface area contributed by atoms with Gasteiger partial charge in [0, 0.05) is 4.47 Å². The van der Waals surface area contributed by atoms with Crippen LogP contribution in [0.3, 0.4) is 0 Å². The summed E-state index contributed by atoms with van der Waals surface area (Å²) in [6.07, 6.45) is 0. The number of nitrogens with zero attached hydrogens (tertiary/aromatic N) is 3. The van der Waals surface area contributed by atoms with E-state index in [9.17, 15) is 0 Å². The average molecular weight is 319 g/mol. The molecule has 4 nitrogen and oxygen atoms in total. The molecule has 0 saturated heterocycles. The first-order chi connectivity index (χ1) is 8.65. The maximum absolute atomic E-state index is 9.04.